The summed E-state index contributed by atoms with van der Waals surface area (Å²) < 4.78 is 26.7. The first-order valence-corrected chi connectivity index (χ1v) is 5.66. The smallest absolute Gasteiger partial charge is 0.251 e. The molecule has 0 saturated heterocycles. The van der Waals surface area contributed by atoms with Crippen molar-refractivity contribution in [1.82, 2.24) is 0 Å². The Balaban J connectivity index is 2.98. The molecule has 0 radical (unpaired) electrons. The number of hydrogen-bond donors (Lipinski definition) is 3. The molecule has 5 N–H and O–H groups in total. The van der Waals surface area contributed by atoms with Crippen molar-refractivity contribution in [2.75, 3.05) is 11.9 Å². The highest BCUT2D eigenvalue weighted by Gasteiger charge is 2.18. The number of rotatable bonds is 5. The van der Waals surface area contributed by atoms with E-state index in [1.807, 2.05) is 0 Å². The summed E-state index contributed by atoms with van der Waals surface area (Å²) in [6.45, 7) is 1.94. The van der Waals surface area contributed by atoms with Crippen LogP contribution in [0.5, 0.6) is 0 Å². The molecule has 0 spiro atoms. The molecule has 0 aliphatic heterocycles. The monoisotopic (exact) mass is 271 g/mol. The highest BCUT2D eigenvalue weighted by Crippen LogP contribution is 2.20. The van der Waals surface area contributed by atoms with E-state index in [4.69, 9.17) is 11.5 Å². The van der Waals surface area contributed by atoms with Crippen molar-refractivity contribution in [1.29, 1.82) is 0 Å². The van der Waals surface area contributed by atoms with Gasteiger partial charge < -0.3 is 16.8 Å². The first-order valence-electron chi connectivity index (χ1n) is 5.66. The molecule has 2 amide bonds. The van der Waals surface area contributed by atoms with Crippen molar-refractivity contribution in [3.8, 4) is 0 Å². The van der Waals surface area contributed by atoms with Crippen LogP contribution in [0.3, 0.4) is 0 Å². The maximum atomic E-state index is 13.5. The number of carbonyl (C=O) groups excluding carboxylic acids is 2. The first-order chi connectivity index (χ1) is 8.86. The molecule has 0 saturated carbocycles. The summed E-state index contributed by atoms with van der Waals surface area (Å²) in [5.41, 5.74) is 9.48. The molecule has 1 aromatic carbocycles. The minimum absolute atomic E-state index is 0.288. The third-order valence-electron chi connectivity index (χ3n) is 2.63. The van der Waals surface area contributed by atoms with E-state index < -0.39 is 34.9 Å². The zero-order valence-corrected chi connectivity index (χ0v) is 10.4. The molecular weight excluding hydrogens is 256 g/mol. The summed E-state index contributed by atoms with van der Waals surface area (Å²) in [5.74, 6) is -3.98. The van der Waals surface area contributed by atoms with Crippen LogP contribution in [0.15, 0.2) is 12.1 Å². The summed E-state index contributed by atoms with van der Waals surface area (Å²) >= 11 is 0. The Hall–Kier alpha value is -2.02. The van der Waals surface area contributed by atoms with E-state index in [9.17, 15) is 18.4 Å². The van der Waals surface area contributed by atoms with Gasteiger partial charge in [-0.05, 0) is 19.0 Å². The number of carbonyl (C=O) groups is 2. The molecule has 0 bridgehead atoms. The van der Waals surface area contributed by atoms with E-state index in [2.05, 4.69) is 5.32 Å². The molecule has 0 aliphatic rings. The number of benzene rings is 1. The van der Waals surface area contributed by atoms with Crippen molar-refractivity contribution in [2.24, 2.45) is 17.4 Å². The Kier molecular flexibility index (Phi) is 4.94. The molecule has 0 fully saturated rings. The minimum Gasteiger partial charge on any atom is -0.366 e. The van der Waals surface area contributed by atoms with E-state index in [-0.39, 0.29) is 5.69 Å². The molecule has 19 heavy (non-hydrogen) atoms. The summed E-state index contributed by atoms with van der Waals surface area (Å²) in [4.78, 5) is 22.6. The Bertz CT molecular complexity index is 506. The summed E-state index contributed by atoms with van der Waals surface area (Å²) in [6.07, 6.45) is 0.428. The van der Waals surface area contributed by atoms with E-state index in [1.165, 1.54) is 0 Å². The molecule has 5 nitrogen and oxygen atoms in total. The molecule has 7 heteroatoms. The second-order valence-electron chi connectivity index (χ2n) is 4.14. The van der Waals surface area contributed by atoms with E-state index in [1.54, 1.807) is 6.92 Å². The van der Waals surface area contributed by atoms with Crippen LogP contribution < -0.4 is 16.8 Å². The summed E-state index contributed by atoms with van der Waals surface area (Å²) in [7, 11) is 0. The highest BCUT2D eigenvalue weighted by molar-refractivity contribution is 5.97. The summed E-state index contributed by atoms with van der Waals surface area (Å²) in [6, 6.07) is 1.38. The summed E-state index contributed by atoms with van der Waals surface area (Å²) in [5, 5.41) is 2.27. The van der Waals surface area contributed by atoms with Crippen LogP contribution in [0.2, 0.25) is 0 Å². The highest BCUT2D eigenvalue weighted by atomic mass is 19.1. The first kappa shape index (κ1) is 15.0. The van der Waals surface area contributed by atoms with Gasteiger partial charge in [-0.25, -0.2) is 8.78 Å². The average molecular weight is 271 g/mol. The predicted octanol–water partition coefficient (Wildman–Crippen LogP) is 0.987. The third kappa shape index (κ3) is 3.72. The fourth-order valence-corrected chi connectivity index (χ4v) is 1.47. The van der Waals surface area contributed by atoms with Gasteiger partial charge >= 0.3 is 0 Å². The van der Waals surface area contributed by atoms with E-state index in [0.717, 1.165) is 6.07 Å². The molecule has 1 atom stereocenters. The van der Waals surface area contributed by atoms with Crippen LogP contribution >= 0.6 is 0 Å². The fraction of sp³-hybridized carbons (Fsp3) is 0.333. The van der Waals surface area contributed by atoms with Crippen LogP contribution in [0.4, 0.5) is 14.5 Å². The Morgan fingerprint density at radius 1 is 1.32 bits per heavy atom. The van der Waals surface area contributed by atoms with E-state index >= 15 is 0 Å². The Morgan fingerprint density at radius 3 is 2.47 bits per heavy atom. The number of hydrogen-bond acceptors (Lipinski definition) is 3. The van der Waals surface area contributed by atoms with Gasteiger partial charge in [0.2, 0.25) is 5.91 Å². The molecule has 104 valence electrons. The maximum Gasteiger partial charge on any atom is 0.251 e. The topological polar surface area (TPSA) is 98.2 Å². The number of primary amides is 1. The average Bonchev–Trinajstić information content (AvgIpc) is 2.32. The van der Waals surface area contributed by atoms with Crippen LogP contribution in [0.25, 0.3) is 0 Å². The molecule has 0 aliphatic carbocycles. The van der Waals surface area contributed by atoms with Crippen molar-refractivity contribution in [3.63, 3.8) is 0 Å². The predicted molar refractivity (Wildman–Crippen MR) is 66.3 cm³/mol. The standard InChI is InChI=1S/C12H15F2N3O2/c1-6(2-3-15)12(19)17-10-4-7(11(16)18)8(13)5-9(10)14/h4-6H,2-3,15H2,1H3,(H2,16,18)(H,17,19). The van der Waals surface area contributed by atoms with Crippen LogP contribution in [-0.4, -0.2) is 18.4 Å². The lowest BCUT2D eigenvalue weighted by molar-refractivity contribution is -0.119. The van der Waals surface area contributed by atoms with Crippen molar-refractivity contribution >= 4 is 17.5 Å². The van der Waals surface area contributed by atoms with Gasteiger partial charge in [-0.15, -0.1) is 0 Å². The SMILES string of the molecule is CC(CCN)C(=O)Nc1cc(C(N)=O)c(F)cc1F. The van der Waals surface area contributed by atoms with Crippen molar-refractivity contribution in [2.45, 2.75) is 13.3 Å². The lowest BCUT2D eigenvalue weighted by Crippen LogP contribution is -2.24. The van der Waals surface area contributed by atoms with Crippen LogP contribution in [-0.2, 0) is 4.79 Å². The quantitative estimate of drug-likeness (QED) is 0.744. The molecule has 0 heterocycles. The van der Waals surface area contributed by atoms with Crippen molar-refractivity contribution in [3.05, 3.63) is 29.3 Å². The van der Waals surface area contributed by atoms with Crippen LogP contribution in [0.1, 0.15) is 23.7 Å². The van der Waals surface area contributed by atoms with Gasteiger partial charge in [0.15, 0.2) is 0 Å². The fourth-order valence-electron chi connectivity index (χ4n) is 1.47. The van der Waals surface area contributed by atoms with Gasteiger partial charge in [0, 0.05) is 12.0 Å². The van der Waals surface area contributed by atoms with Gasteiger partial charge in [-0.2, -0.15) is 0 Å². The number of halogens is 2. The third-order valence-corrected chi connectivity index (χ3v) is 2.63. The molecule has 1 rings (SSSR count). The zero-order valence-electron chi connectivity index (χ0n) is 10.4. The molecule has 1 aromatic rings. The number of nitrogens with one attached hydrogen (secondary N) is 1. The zero-order chi connectivity index (χ0) is 14.6. The largest absolute Gasteiger partial charge is 0.366 e. The minimum atomic E-state index is -1.07. The van der Waals surface area contributed by atoms with Gasteiger partial charge in [0.25, 0.3) is 5.91 Å². The number of nitrogens with two attached hydrogens (primary N) is 2. The second-order valence-corrected chi connectivity index (χ2v) is 4.14. The lowest BCUT2D eigenvalue weighted by atomic mass is 10.1. The molecule has 0 aromatic heterocycles. The second kappa shape index (κ2) is 6.24. The molecular formula is C12H15F2N3O2. The lowest BCUT2D eigenvalue weighted by Gasteiger charge is -2.12. The van der Waals surface area contributed by atoms with Crippen molar-refractivity contribution < 1.29 is 18.4 Å². The Labute approximate surface area is 109 Å². The molecule has 1 unspecified atom stereocenters. The maximum absolute atomic E-state index is 13.5. The van der Waals surface area contributed by atoms with E-state index in [0.29, 0.717) is 19.0 Å². The number of anilines is 1. The van der Waals surface area contributed by atoms with Gasteiger partial charge in [-0.3, -0.25) is 9.59 Å². The number of amides is 2. The van der Waals surface area contributed by atoms with Gasteiger partial charge in [-0.1, -0.05) is 6.92 Å². The van der Waals surface area contributed by atoms with Gasteiger partial charge in [0.05, 0.1) is 11.3 Å². The Morgan fingerprint density at radius 2 is 1.95 bits per heavy atom. The normalized spacial score (nSPS) is 12.0. The van der Waals surface area contributed by atoms with Gasteiger partial charge in [0.1, 0.15) is 11.6 Å². The van der Waals surface area contributed by atoms with Crippen LogP contribution in [0, 0.1) is 17.6 Å².